The number of carbonyl (C=O) groups is 10. The smallest absolute Gasteiger partial charge is 0.226 e. The van der Waals surface area contributed by atoms with E-state index in [9.17, 15) is 58.2 Å². The molecular weight excluding hydrogens is 983 g/mol. The number of unbranched alkanes of at least 4 members (excludes halogenated alkanes) is 1. The maximum Gasteiger partial charge on any atom is 0.226 e. The molecule has 20 heteroatoms. The number of nitrogens with zero attached hydrogens (tertiary/aromatic N) is 1. The zero-order valence-corrected chi connectivity index (χ0v) is 45.1. The Balaban J connectivity index is 1.72. The van der Waals surface area contributed by atoms with Gasteiger partial charge in [0.1, 0.15) is 12.1 Å². The van der Waals surface area contributed by atoms with Crippen LogP contribution < -0.4 is 27.0 Å². The van der Waals surface area contributed by atoms with Crippen LogP contribution in [0.1, 0.15) is 116 Å². The van der Waals surface area contributed by atoms with Crippen molar-refractivity contribution < 1.29 is 58.2 Å². The zero-order chi connectivity index (χ0) is 55.8. The molecule has 0 unspecified atom stereocenters. The molecule has 0 saturated carbocycles. The largest absolute Gasteiger partial charge is 0.391 e. The molecule has 2 aromatic rings. The summed E-state index contributed by atoms with van der Waals surface area (Å²) in [6, 6.07) is 13.6. The Labute approximate surface area is 444 Å². The van der Waals surface area contributed by atoms with Crippen molar-refractivity contribution in [1.29, 1.82) is 5.41 Å². The highest BCUT2D eigenvalue weighted by Gasteiger charge is 2.40. The van der Waals surface area contributed by atoms with E-state index in [0.29, 0.717) is 43.4 Å². The number of aliphatic hydroxyl groups excluding tert-OH is 2. The molecule has 9 N–H and O–H groups in total. The maximum atomic E-state index is 14.1. The van der Waals surface area contributed by atoms with Gasteiger partial charge in [0.2, 0.25) is 29.5 Å². The molecule has 3 rings (SSSR count). The summed E-state index contributed by atoms with van der Waals surface area (Å²) in [4.78, 5) is 136. The van der Waals surface area contributed by atoms with Crippen molar-refractivity contribution in [3.8, 4) is 0 Å². The molecule has 0 aliphatic carbocycles. The monoisotopic (exact) mass is 1060 g/mol. The van der Waals surface area contributed by atoms with Crippen molar-refractivity contribution in [3.63, 3.8) is 0 Å². The van der Waals surface area contributed by atoms with E-state index in [1.54, 1.807) is 30.3 Å². The highest BCUT2D eigenvalue weighted by atomic mass is 32.2. The molecule has 2 aromatic carbocycles. The predicted octanol–water partition coefficient (Wildman–Crippen LogP) is 2.97. The summed E-state index contributed by atoms with van der Waals surface area (Å²) in [7, 11) is 0. The van der Waals surface area contributed by atoms with Crippen LogP contribution in [0.4, 0.5) is 0 Å². The molecule has 1 heterocycles. The predicted molar refractivity (Wildman–Crippen MR) is 285 cm³/mol. The van der Waals surface area contributed by atoms with Crippen LogP contribution in [0.15, 0.2) is 60.7 Å². The van der Waals surface area contributed by atoms with Gasteiger partial charge >= 0.3 is 0 Å². The van der Waals surface area contributed by atoms with E-state index in [1.165, 1.54) is 51.3 Å². The minimum absolute atomic E-state index is 0.00378. The van der Waals surface area contributed by atoms with Crippen molar-refractivity contribution in [2.45, 2.75) is 154 Å². The lowest BCUT2D eigenvalue weighted by Gasteiger charge is -2.29. The van der Waals surface area contributed by atoms with Gasteiger partial charge in [0.25, 0.3) is 0 Å². The number of likely N-dealkylation sites (tertiary alicyclic amines) is 1. The minimum atomic E-state index is -1.49. The number of nitrogens with one attached hydrogen (secondary N) is 5. The molecule has 1 aliphatic heterocycles. The lowest BCUT2D eigenvalue weighted by atomic mass is 9.90. The van der Waals surface area contributed by atoms with Crippen molar-refractivity contribution >= 4 is 76.0 Å². The number of Topliss-reactive ketones (excluding diaryl/α,β-unsaturated/α-hetero) is 5. The van der Waals surface area contributed by atoms with Gasteiger partial charge in [-0.25, -0.2) is 0 Å². The van der Waals surface area contributed by atoms with Gasteiger partial charge in [-0.3, -0.25) is 53.4 Å². The Morgan fingerprint density at radius 3 is 1.83 bits per heavy atom. The fourth-order valence-electron chi connectivity index (χ4n) is 9.23. The topological polar surface area (TPSA) is 312 Å². The first-order valence-corrected chi connectivity index (χ1v) is 27.2. The first-order chi connectivity index (χ1) is 35.5. The number of nitrogens with two attached hydrogens (primary N) is 1. The number of carbonyl (C=O) groups excluding carboxylic acids is 10. The zero-order valence-electron chi connectivity index (χ0n) is 44.3. The molecule has 5 amide bonds. The fraction of sp³-hybridized carbons (Fsp3) is 0.582. The van der Waals surface area contributed by atoms with Crippen LogP contribution in [-0.4, -0.2) is 141 Å². The molecular formula is C55H79N7O12S. The van der Waals surface area contributed by atoms with E-state index in [0.717, 1.165) is 5.56 Å². The average Bonchev–Trinajstić information content (AvgIpc) is 3.86. The third kappa shape index (κ3) is 21.9. The molecule has 0 radical (unpaired) electrons. The second-order valence-electron chi connectivity index (χ2n) is 19.9. The van der Waals surface area contributed by atoms with E-state index in [-0.39, 0.29) is 68.9 Å². The van der Waals surface area contributed by atoms with E-state index in [4.69, 9.17) is 11.1 Å². The summed E-state index contributed by atoms with van der Waals surface area (Å²) in [5.41, 5.74) is 7.09. The lowest BCUT2D eigenvalue weighted by molar-refractivity contribution is -0.143. The second kappa shape index (κ2) is 32.3. The van der Waals surface area contributed by atoms with Crippen LogP contribution in [0.2, 0.25) is 0 Å². The van der Waals surface area contributed by atoms with Crippen LogP contribution >= 0.6 is 11.8 Å². The third-order valence-corrected chi connectivity index (χ3v) is 14.1. The van der Waals surface area contributed by atoms with Gasteiger partial charge in [0.15, 0.2) is 28.9 Å². The molecule has 412 valence electrons. The number of hydrogen-bond donors (Lipinski definition) is 8. The van der Waals surface area contributed by atoms with E-state index in [1.807, 2.05) is 36.6 Å². The Kier molecular flexibility index (Phi) is 27.2. The summed E-state index contributed by atoms with van der Waals surface area (Å²) < 4.78 is 0. The SMILES string of the molecule is CSCC[C@H](CC(=O)[C@@H](NC(C)=O)[C@@H](C)O)C(=O)NCC(=O)C[C@@H](Cc1ccccc1)C(=O)N[C@H](C(=O)C[C@@H](C)C(=O)N1CCC[C@H]1C(=O)C[C@@H](CCCCC(=N)N)C(=O)N[C@@H](Cc1ccccc1)C(C)=O)[C@@H](C)O. The molecule has 1 saturated heterocycles. The van der Waals surface area contributed by atoms with Crippen LogP contribution in [0.25, 0.3) is 0 Å². The number of aliphatic hydroxyl groups is 2. The Morgan fingerprint density at radius 1 is 0.707 bits per heavy atom. The van der Waals surface area contributed by atoms with E-state index >= 15 is 0 Å². The molecule has 10 atom stereocenters. The van der Waals surface area contributed by atoms with Crippen molar-refractivity contribution in [2.24, 2.45) is 29.4 Å². The summed E-state index contributed by atoms with van der Waals surface area (Å²) in [5.74, 6) is -8.49. The van der Waals surface area contributed by atoms with Gasteiger partial charge in [0, 0.05) is 69.2 Å². The van der Waals surface area contributed by atoms with Gasteiger partial charge in [0.05, 0.1) is 36.7 Å². The Morgan fingerprint density at radius 2 is 1.27 bits per heavy atom. The third-order valence-electron chi connectivity index (χ3n) is 13.4. The molecule has 1 aliphatic rings. The Hall–Kier alpha value is -6.12. The number of thioether (sulfide) groups is 1. The summed E-state index contributed by atoms with van der Waals surface area (Å²) in [6.07, 6.45) is 0.808. The number of ketones is 5. The van der Waals surface area contributed by atoms with Crippen LogP contribution in [0.5, 0.6) is 0 Å². The van der Waals surface area contributed by atoms with Crippen LogP contribution in [0.3, 0.4) is 0 Å². The van der Waals surface area contributed by atoms with Gasteiger partial charge in [-0.15, -0.1) is 0 Å². The molecule has 0 spiro atoms. The first-order valence-electron chi connectivity index (χ1n) is 25.8. The quantitative estimate of drug-likeness (QED) is 0.0280. The van der Waals surface area contributed by atoms with Crippen LogP contribution in [-0.2, 0) is 60.8 Å². The number of benzene rings is 2. The molecule has 75 heavy (non-hydrogen) atoms. The van der Waals surface area contributed by atoms with E-state index in [2.05, 4.69) is 21.3 Å². The fourth-order valence-corrected chi connectivity index (χ4v) is 9.75. The number of amidine groups is 1. The van der Waals surface area contributed by atoms with Gasteiger partial charge in [-0.05, 0) is 88.9 Å². The van der Waals surface area contributed by atoms with Crippen molar-refractivity contribution in [2.75, 3.05) is 25.1 Å². The number of hydrogen-bond acceptors (Lipinski definition) is 14. The number of rotatable bonds is 35. The van der Waals surface area contributed by atoms with Gasteiger partial charge in [-0.2, -0.15) is 11.8 Å². The standard InChI is InChI=1S/C55H79N7O12S/c1-33(55(74)62-24-15-21-45(62)46(68)30-40(20-13-14-22-49(56)57)53(72)60-44(34(2)63)28-39-18-11-8-12-19-39)26-47(69)51(36(4)65)61-54(73)42(27-38-16-9-7-10-17-38)29-43(67)32-58-52(71)41(23-25-75-6)31-48(70)50(35(3)64)59-37(5)66/h7-12,16-19,33,35-36,40-42,44-45,50-51,64-65H,13-15,20-32H2,1-6H3,(H3,56,57)(H,58,71)(H,59,66)(H,60,72)(H,61,73)/t33-,35-,36-,40-,41-,42-,44+,45+,50+,51+/m1/s1. The van der Waals surface area contributed by atoms with E-state index < -0.39 is 120 Å². The average molecular weight is 1060 g/mol. The minimum Gasteiger partial charge on any atom is -0.391 e. The summed E-state index contributed by atoms with van der Waals surface area (Å²) in [6.45, 7) is 6.49. The van der Waals surface area contributed by atoms with Gasteiger partial charge in [-0.1, -0.05) is 74.0 Å². The highest BCUT2D eigenvalue weighted by Crippen LogP contribution is 2.27. The lowest BCUT2D eigenvalue weighted by Crippen LogP contribution is -2.51. The molecule has 0 aromatic heterocycles. The first kappa shape index (κ1) is 63.2. The Bertz CT molecular complexity index is 2280. The van der Waals surface area contributed by atoms with Crippen molar-refractivity contribution in [1.82, 2.24) is 26.2 Å². The number of amides is 5. The van der Waals surface area contributed by atoms with Crippen molar-refractivity contribution in [3.05, 3.63) is 71.8 Å². The summed E-state index contributed by atoms with van der Waals surface area (Å²) in [5, 5.41) is 39.0. The molecule has 1 fully saturated rings. The molecule has 19 nitrogen and oxygen atoms in total. The molecule has 0 bridgehead atoms. The second-order valence-corrected chi connectivity index (χ2v) is 20.9. The maximum absolute atomic E-state index is 14.1. The summed E-state index contributed by atoms with van der Waals surface area (Å²) >= 11 is 1.44. The highest BCUT2D eigenvalue weighted by molar-refractivity contribution is 7.98. The normalized spacial score (nSPS) is 16.9. The van der Waals surface area contributed by atoms with Crippen LogP contribution in [0, 0.1) is 29.1 Å². The van der Waals surface area contributed by atoms with Gasteiger partial charge < -0.3 is 42.1 Å².